The lowest BCUT2D eigenvalue weighted by molar-refractivity contribution is -0.137. The molecule has 0 atom stereocenters. The van der Waals surface area contributed by atoms with E-state index in [4.69, 9.17) is 14.6 Å². The lowest BCUT2D eigenvalue weighted by Crippen LogP contribution is -2.35. The van der Waals surface area contributed by atoms with E-state index < -0.39 is 5.97 Å². The van der Waals surface area contributed by atoms with Crippen molar-refractivity contribution >= 4 is 27.8 Å². The van der Waals surface area contributed by atoms with Gasteiger partial charge in [0.15, 0.2) is 11.5 Å². The van der Waals surface area contributed by atoms with Crippen molar-refractivity contribution in [2.45, 2.75) is 6.92 Å². The first-order valence-electron chi connectivity index (χ1n) is 5.63. The largest absolute Gasteiger partial charge is 0.480 e. The molecule has 1 aromatic carbocycles. The predicted octanol–water partition coefficient (Wildman–Crippen LogP) is 1.72. The number of benzene rings is 1. The van der Waals surface area contributed by atoms with E-state index in [0.29, 0.717) is 28.1 Å². The van der Waals surface area contributed by atoms with Gasteiger partial charge in [0.1, 0.15) is 6.54 Å². The molecule has 0 radical (unpaired) electrons. The fourth-order valence-corrected chi connectivity index (χ4v) is 2.32. The summed E-state index contributed by atoms with van der Waals surface area (Å²) in [6.45, 7) is 1.82. The van der Waals surface area contributed by atoms with Crippen LogP contribution in [0.3, 0.4) is 0 Å². The van der Waals surface area contributed by atoms with E-state index in [1.807, 2.05) is 0 Å². The van der Waals surface area contributed by atoms with Crippen LogP contribution in [-0.2, 0) is 4.79 Å². The van der Waals surface area contributed by atoms with Gasteiger partial charge in [-0.3, -0.25) is 9.59 Å². The molecule has 0 unspecified atom stereocenters. The summed E-state index contributed by atoms with van der Waals surface area (Å²) in [5.74, 6) is -0.374. The number of rotatable bonds is 4. The maximum atomic E-state index is 12.2. The predicted molar refractivity (Wildman–Crippen MR) is 69.5 cm³/mol. The van der Waals surface area contributed by atoms with Gasteiger partial charge in [-0.1, -0.05) is 0 Å². The molecule has 0 spiro atoms. The molecule has 1 heterocycles. The molecular formula is C12H12BrNO5. The average Bonchev–Trinajstić information content (AvgIpc) is 2.83. The van der Waals surface area contributed by atoms with Crippen LogP contribution in [0.15, 0.2) is 16.6 Å². The van der Waals surface area contributed by atoms with Crippen LogP contribution in [0, 0.1) is 0 Å². The van der Waals surface area contributed by atoms with Gasteiger partial charge in [-0.2, -0.15) is 0 Å². The van der Waals surface area contributed by atoms with Crippen LogP contribution in [-0.4, -0.2) is 41.8 Å². The van der Waals surface area contributed by atoms with Gasteiger partial charge >= 0.3 is 5.97 Å². The minimum Gasteiger partial charge on any atom is -0.480 e. The smallest absolute Gasteiger partial charge is 0.323 e. The van der Waals surface area contributed by atoms with E-state index in [2.05, 4.69) is 15.9 Å². The number of carboxylic acids is 1. The highest BCUT2D eigenvalue weighted by atomic mass is 79.9. The highest BCUT2D eigenvalue weighted by Gasteiger charge is 2.23. The van der Waals surface area contributed by atoms with Crippen LogP contribution in [0.1, 0.15) is 17.3 Å². The zero-order valence-corrected chi connectivity index (χ0v) is 11.8. The molecule has 0 aliphatic carbocycles. The molecule has 6 nitrogen and oxygen atoms in total. The number of amides is 1. The quantitative estimate of drug-likeness (QED) is 0.910. The van der Waals surface area contributed by atoms with E-state index in [0.717, 1.165) is 0 Å². The minimum atomic E-state index is -1.05. The monoisotopic (exact) mass is 329 g/mol. The lowest BCUT2D eigenvalue weighted by atomic mass is 10.1. The Labute approximate surface area is 118 Å². The third kappa shape index (κ3) is 2.81. The third-order valence-electron chi connectivity index (χ3n) is 2.67. The third-order valence-corrected chi connectivity index (χ3v) is 3.26. The normalized spacial score (nSPS) is 12.3. The fourth-order valence-electron chi connectivity index (χ4n) is 1.76. The number of aliphatic carboxylic acids is 1. The molecular weight excluding hydrogens is 318 g/mol. The second-order valence-corrected chi connectivity index (χ2v) is 4.76. The first kappa shape index (κ1) is 13.7. The number of likely N-dealkylation sites (N-methyl/N-ethyl adjacent to an activating group) is 1. The van der Waals surface area contributed by atoms with E-state index in [1.165, 1.54) is 4.90 Å². The molecule has 0 bridgehead atoms. The van der Waals surface area contributed by atoms with Crippen molar-refractivity contribution < 1.29 is 24.2 Å². The number of carbonyl (C=O) groups excluding carboxylic acids is 1. The van der Waals surface area contributed by atoms with Gasteiger partial charge in [0, 0.05) is 12.1 Å². The molecule has 1 aliphatic heterocycles. The summed E-state index contributed by atoms with van der Waals surface area (Å²) in [5, 5.41) is 8.77. The van der Waals surface area contributed by atoms with Crippen LogP contribution in [0.25, 0.3) is 0 Å². The molecule has 0 aromatic heterocycles. The number of hydrogen-bond acceptors (Lipinski definition) is 4. The minimum absolute atomic E-state index is 0.109. The summed E-state index contributed by atoms with van der Waals surface area (Å²) in [6.07, 6.45) is 0. The Bertz CT molecular complexity index is 531. The van der Waals surface area contributed by atoms with Gasteiger partial charge < -0.3 is 19.5 Å². The van der Waals surface area contributed by atoms with Crippen molar-refractivity contribution in [2.24, 2.45) is 0 Å². The van der Waals surface area contributed by atoms with Crippen molar-refractivity contribution in [1.29, 1.82) is 0 Å². The number of carboxylic acid groups (broad SMARTS) is 1. The number of fused-ring (bicyclic) bond motifs is 1. The SMILES string of the molecule is CCN(CC(=O)O)C(=O)c1cc(Br)c2c(c1)OCO2. The van der Waals surface area contributed by atoms with Crippen molar-refractivity contribution in [1.82, 2.24) is 4.90 Å². The Morgan fingerprint density at radius 1 is 1.42 bits per heavy atom. The van der Waals surface area contributed by atoms with E-state index in [9.17, 15) is 9.59 Å². The molecule has 102 valence electrons. The van der Waals surface area contributed by atoms with Crippen molar-refractivity contribution in [2.75, 3.05) is 19.9 Å². The van der Waals surface area contributed by atoms with Crippen molar-refractivity contribution in [3.05, 3.63) is 22.2 Å². The Kier molecular flexibility index (Phi) is 3.94. The molecule has 1 aromatic rings. The van der Waals surface area contributed by atoms with Crippen LogP contribution in [0.2, 0.25) is 0 Å². The average molecular weight is 330 g/mol. The summed E-state index contributed by atoms with van der Waals surface area (Å²) in [7, 11) is 0. The zero-order chi connectivity index (χ0) is 14.0. The summed E-state index contributed by atoms with van der Waals surface area (Å²) in [6, 6.07) is 3.15. The van der Waals surface area contributed by atoms with Crippen molar-refractivity contribution in [3.8, 4) is 11.5 Å². The Morgan fingerprint density at radius 2 is 2.16 bits per heavy atom. The molecule has 0 fully saturated rings. The highest BCUT2D eigenvalue weighted by Crippen LogP contribution is 2.40. The van der Waals surface area contributed by atoms with Crippen LogP contribution in [0.4, 0.5) is 0 Å². The summed E-state index contributed by atoms with van der Waals surface area (Å²) >= 11 is 3.30. The second-order valence-electron chi connectivity index (χ2n) is 3.90. The lowest BCUT2D eigenvalue weighted by Gasteiger charge is -2.18. The van der Waals surface area contributed by atoms with E-state index in [1.54, 1.807) is 19.1 Å². The first-order chi connectivity index (χ1) is 9.02. The Morgan fingerprint density at radius 3 is 2.79 bits per heavy atom. The summed E-state index contributed by atoms with van der Waals surface area (Å²) in [5.41, 5.74) is 0.360. The number of ether oxygens (including phenoxy) is 2. The zero-order valence-electron chi connectivity index (χ0n) is 10.2. The maximum absolute atomic E-state index is 12.2. The molecule has 1 aliphatic rings. The Hall–Kier alpha value is -1.76. The van der Waals surface area contributed by atoms with Gasteiger partial charge in [0.25, 0.3) is 5.91 Å². The van der Waals surface area contributed by atoms with Crippen LogP contribution < -0.4 is 9.47 Å². The number of hydrogen-bond donors (Lipinski definition) is 1. The summed E-state index contributed by atoms with van der Waals surface area (Å²) < 4.78 is 11.1. The van der Waals surface area contributed by atoms with E-state index >= 15 is 0 Å². The van der Waals surface area contributed by atoms with Gasteiger partial charge in [0.05, 0.1) is 4.47 Å². The standard InChI is InChI=1S/C12H12BrNO5/c1-2-14(5-10(15)16)12(17)7-3-8(13)11-9(4-7)18-6-19-11/h3-4H,2,5-6H2,1H3,(H,15,16). The van der Waals surface area contributed by atoms with Gasteiger partial charge in [-0.05, 0) is 35.0 Å². The molecule has 0 saturated carbocycles. The molecule has 1 amide bonds. The summed E-state index contributed by atoms with van der Waals surface area (Å²) in [4.78, 5) is 24.2. The van der Waals surface area contributed by atoms with Crippen LogP contribution >= 0.6 is 15.9 Å². The van der Waals surface area contributed by atoms with Gasteiger partial charge in [0.2, 0.25) is 6.79 Å². The molecule has 19 heavy (non-hydrogen) atoms. The molecule has 0 saturated heterocycles. The topological polar surface area (TPSA) is 76.1 Å². The molecule has 2 rings (SSSR count). The molecule has 1 N–H and O–H groups in total. The maximum Gasteiger partial charge on any atom is 0.323 e. The van der Waals surface area contributed by atoms with Gasteiger partial charge in [-0.15, -0.1) is 0 Å². The van der Waals surface area contributed by atoms with Crippen molar-refractivity contribution in [3.63, 3.8) is 0 Å². The van der Waals surface area contributed by atoms with Gasteiger partial charge in [-0.25, -0.2) is 0 Å². The number of carbonyl (C=O) groups is 2. The number of nitrogens with zero attached hydrogens (tertiary/aromatic N) is 1. The number of halogens is 1. The highest BCUT2D eigenvalue weighted by molar-refractivity contribution is 9.10. The van der Waals surface area contributed by atoms with E-state index in [-0.39, 0.29) is 19.2 Å². The first-order valence-corrected chi connectivity index (χ1v) is 6.42. The molecule has 7 heteroatoms. The van der Waals surface area contributed by atoms with Crippen LogP contribution in [0.5, 0.6) is 11.5 Å². The Balaban J connectivity index is 2.28. The fraction of sp³-hybridized carbons (Fsp3) is 0.333. The second kappa shape index (κ2) is 5.48.